The average Bonchev–Trinajstić information content (AvgIpc) is 2.88. The maximum absolute atomic E-state index is 13.0. The molecule has 0 saturated heterocycles. The molecule has 1 aromatic heterocycles. The summed E-state index contributed by atoms with van der Waals surface area (Å²) in [5.41, 5.74) is 1.59. The van der Waals surface area contributed by atoms with E-state index < -0.39 is 0 Å². The Balaban J connectivity index is 1.85. The van der Waals surface area contributed by atoms with Crippen LogP contribution in [0.5, 0.6) is 0 Å². The fourth-order valence-corrected chi connectivity index (χ4v) is 5.85. The van der Waals surface area contributed by atoms with E-state index in [1.165, 1.54) is 17.7 Å². The number of thiophene rings is 1. The summed E-state index contributed by atoms with van der Waals surface area (Å²) in [4.78, 5) is 29.3. The first-order valence-corrected chi connectivity index (χ1v) is 11.3. The van der Waals surface area contributed by atoms with Crippen molar-refractivity contribution in [3.8, 4) is 0 Å². The quantitative estimate of drug-likeness (QED) is 0.667. The van der Waals surface area contributed by atoms with E-state index >= 15 is 0 Å². The van der Waals surface area contributed by atoms with Crippen LogP contribution in [0.3, 0.4) is 0 Å². The Labute approximate surface area is 172 Å². The molecule has 1 amide bonds. The van der Waals surface area contributed by atoms with Gasteiger partial charge in [0.2, 0.25) is 5.91 Å². The minimum Gasteiger partial charge on any atom is -0.462 e. The van der Waals surface area contributed by atoms with E-state index in [0.29, 0.717) is 17.2 Å². The van der Waals surface area contributed by atoms with Crippen molar-refractivity contribution < 1.29 is 14.3 Å². The first-order valence-electron chi connectivity index (χ1n) is 10.5. The second-order valence-corrected chi connectivity index (χ2v) is 10.3. The highest BCUT2D eigenvalue weighted by Crippen LogP contribution is 2.68. The summed E-state index contributed by atoms with van der Waals surface area (Å²) in [5.74, 6) is -0.344. The van der Waals surface area contributed by atoms with E-state index in [2.05, 4.69) is 44.8 Å². The van der Waals surface area contributed by atoms with Crippen molar-refractivity contribution in [1.82, 2.24) is 4.90 Å². The van der Waals surface area contributed by atoms with Crippen molar-refractivity contribution in [3.05, 3.63) is 16.0 Å². The largest absolute Gasteiger partial charge is 0.462 e. The third-order valence-electron chi connectivity index (χ3n) is 6.96. The fourth-order valence-electron chi connectivity index (χ4n) is 4.57. The minimum atomic E-state index is -0.313. The van der Waals surface area contributed by atoms with E-state index in [1.54, 1.807) is 11.3 Å². The summed E-state index contributed by atoms with van der Waals surface area (Å²) in [7, 11) is 0. The molecule has 0 bridgehead atoms. The lowest BCUT2D eigenvalue weighted by atomic mass is 10.0. The predicted molar refractivity (Wildman–Crippen MR) is 114 cm³/mol. The molecule has 3 rings (SSSR count). The van der Waals surface area contributed by atoms with Gasteiger partial charge in [-0.25, -0.2) is 4.79 Å². The van der Waals surface area contributed by atoms with Crippen molar-refractivity contribution in [3.63, 3.8) is 0 Å². The highest BCUT2D eigenvalue weighted by Gasteiger charge is 2.68. The molecule has 1 saturated carbocycles. The van der Waals surface area contributed by atoms with Crippen LogP contribution in [0.25, 0.3) is 0 Å². The molecule has 0 aromatic carbocycles. The predicted octanol–water partition coefficient (Wildman–Crippen LogP) is 4.70. The number of carbonyl (C=O) groups is 2. The molecule has 0 radical (unpaired) electrons. The van der Waals surface area contributed by atoms with Crippen molar-refractivity contribution in [2.45, 2.75) is 67.3 Å². The van der Waals surface area contributed by atoms with Gasteiger partial charge >= 0.3 is 5.97 Å². The molecule has 1 N–H and O–H groups in total. The summed E-state index contributed by atoms with van der Waals surface area (Å²) < 4.78 is 5.33. The first-order chi connectivity index (χ1) is 13.1. The number of unbranched alkanes of at least 4 members (excludes halogenated alkanes) is 1. The smallest absolute Gasteiger partial charge is 0.341 e. The molecule has 2 aliphatic rings. The number of nitrogens with one attached hydrogen (secondary N) is 1. The number of amides is 1. The minimum absolute atomic E-state index is 0.0157. The van der Waals surface area contributed by atoms with Crippen LogP contribution in [0.1, 0.15) is 75.2 Å². The Morgan fingerprint density at radius 3 is 2.46 bits per heavy atom. The Morgan fingerprint density at radius 1 is 1.21 bits per heavy atom. The summed E-state index contributed by atoms with van der Waals surface area (Å²) in [6.07, 6.45) is 3.19. The average molecular weight is 407 g/mol. The van der Waals surface area contributed by atoms with E-state index in [9.17, 15) is 9.59 Å². The molecule has 1 fully saturated rings. The molecule has 6 heteroatoms. The molecule has 2 heterocycles. The van der Waals surface area contributed by atoms with Crippen LogP contribution in [-0.2, 0) is 22.5 Å². The molecule has 156 valence electrons. The van der Waals surface area contributed by atoms with E-state index in [4.69, 9.17) is 4.74 Å². The molecule has 1 aliphatic heterocycles. The standard InChI is InChI=1S/C22H34N2O3S/c1-7-9-11-24-12-10-14-15(13-24)28-19(16(14)20(26)27-8-2)23-18(25)17-21(3,4)22(17,5)6/h17H,7-13H2,1-6H3,(H,23,25). The van der Waals surface area contributed by atoms with E-state index in [0.717, 1.165) is 31.6 Å². The maximum Gasteiger partial charge on any atom is 0.341 e. The molecular weight excluding hydrogens is 372 g/mol. The highest BCUT2D eigenvalue weighted by atomic mass is 32.1. The fraction of sp³-hybridized carbons (Fsp3) is 0.727. The van der Waals surface area contributed by atoms with E-state index in [-0.39, 0.29) is 28.6 Å². The number of esters is 1. The molecular formula is C22H34N2O3S. The van der Waals surface area contributed by atoms with Crippen molar-refractivity contribution in [2.75, 3.05) is 25.0 Å². The van der Waals surface area contributed by atoms with Crippen LogP contribution in [0.2, 0.25) is 0 Å². The molecule has 1 aliphatic carbocycles. The SMILES string of the molecule is CCCCN1CCc2c(sc(NC(=O)C3C(C)(C)C3(C)C)c2C(=O)OCC)C1. The van der Waals surface area contributed by atoms with Gasteiger partial charge in [-0.15, -0.1) is 11.3 Å². The monoisotopic (exact) mass is 406 g/mol. The van der Waals surface area contributed by atoms with Crippen LogP contribution in [0.15, 0.2) is 0 Å². The van der Waals surface area contributed by atoms with Gasteiger partial charge in [0.25, 0.3) is 0 Å². The number of hydrogen-bond donors (Lipinski definition) is 1. The van der Waals surface area contributed by atoms with Gasteiger partial charge in [0.05, 0.1) is 12.2 Å². The summed E-state index contributed by atoms with van der Waals surface area (Å²) >= 11 is 1.55. The molecule has 5 nitrogen and oxygen atoms in total. The van der Waals surface area contributed by atoms with Crippen molar-refractivity contribution in [1.29, 1.82) is 0 Å². The second-order valence-electron chi connectivity index (χ2n) is 9.17. The number of anilines is 1. The molecule has 0 spiro atoms. The van der Waals surface area contributed by atoms with Crippen LogP contribution < -0.4 is 5.32 Å². The van der Waals surface area contributed by atoms with Gasteiger partial charge in [0, 0.05) is 23.9 Å². The number of hydrogen-bond acceptors (Lipinski definition) is 5. The van der Waals surface area contributed by atoms with Crippen LogP contribution in [0, 0.1) is 16.7 Å². The van der Waals surface area contributed by atoms with Crippen LogP contribution in [-0.4, -0.2) is 36.5 Å². The topological polar surface area (TPSA) is 58.6 Å². The van der Waals surface area contributed by atoms with Crippen molar-refractivity contribution in [2.24, 2.45) is 16.7 Å². The summed E-state index contributed by atoms with van der Waals surface area (Å²) in [5, 5.41) is 3.77. The zero-order valence-corrected chi connectivity index (χ0v) is 18.9. The third-order valence-corrected chi connectivity index (χ3v) is 8.10. The zero-order chi connectivity index (χ0) is 20.7. The Morgan fingerprint density at radius 2 is 1.89 bits per heavy atom. The highest BCUT2D eigenvalue weighted by molar-refractivity contribution is 7.17. The van der Waals surface area contributed by atoms with Crippen LogP contribution in [0.4, 0.5) is 5.00 Å². The Hall–Kier alpha value is -1.40. The Bertz CT molecular complexity index is 752. The number of ether oxygens (including phenoxy) is 1. The van der Waals surface area contributed by atoms with Gasteiger partial charge in [0.1, 0.15) is 5.00 Å². The number of nitrogens with zero attached hydrogens (tertiary/aromatic N) is 1. The second kappa shape index (κ2) is 7.79. The van der Waals surface area contributed by atoms with Gasteiger partial charge < -0.3 is 10.1 Å². The number of fused-ring (bicyclic) bond motifs is 1. The van der Waals surface area contributed by atoms with Gasteiger partial charge in [-0.2, -0.15) is 0 Å². The lowest BCUT2D eigenvalue weighted by Crippen LogP contribution is -2.31. The maximum atomic E-state index is 13.0. The Kier molecular flexibility index (Phi) is 5.93. The lowest BCUT2D eigenvalue weighted by molar-refractivity contribution is -0.118. The van der Waals surface area contributed by atoms with Gasteiger partial charge in [-0.05, 0) is 42.7 Å². The number of rotatable bonds is 7. The molecule has 0 unspecified atom stereocenters. The normalized spacial score (nSPS) is 20.5. The van der Waals surface area contributed by atoms with Gasteiger partial charge in [-0.1, -0.05) is 41.0 Å². The van der Waals surface area contributed by atoms with E-state index in [1.807, 2.05) is 6.92 Å². The van der Waals surface area contributed by atoms with Gasteiger partial charge in [0.15, 0.2) is 0 Å². The summed E-state index contributed by atoms with van der Waals surface area (Å²) in [6.45, 7) is 15.8. The molecule has 0 atom stereocenters. The lowest BCUT2D eigenvalue weighted by Gasteiger charge is -2.26. The van der Waals surface area contributed by atoms with Gasteiger partial charge in [-0.3, -0.25) is 9.69 Å². The zero-order valence-electron chi connectivity index (χ0n) is 18.1. The van der Waals surface area contributed by atoms with Crippen LogP contribution >= 0.6 is 11.3 Å². The first kappa shape index (κ1) is 21.3. The third kappa shape index (κ3) is 3.61. The summed E-state index contributed by atoms with van der Waals surface area (Å²) in [6, 6.07) is 0. The number of carbonyl (C=O) groups excluding carboxylic acids is 2. The molecule has 1 aromatic rings. The molecule has 28 heavy (non-hydrogen) atoms. The van der Waals surface area contributed by atoms with Crippen molar-refractivity contribution >= 4 is 28.2 Å².